The van der Waals surface area contributed by atoms with Crippen molar-refractivity contribution in [3.63, 3.8) is 0 Å². The van der Waals surface area contributed by atoms with E-state index in [0.29, 0.717) is 16.7 Å². The zero-order valence-electron chi connectivity index (χ0n) is 18.0. The normalized spacial score (nSPS) is 15.3. The van der Waals surface area contributed by atoms with E-state index in [9.17, 15) is 4.79 Å². The van der Waals surface area contributed by atoms with Crippen LogP contribution in [0.1, 0.15) is 31.0 Å². The fourth-order valence-electron chi connectivity index (χ4n) is 3.63. The van der Waals surface area contributed by atoms with Crippen molar-refractivity contribution in [1.82, 2.24) is 14.8 Å². The van der Waals surface area contributed by atoms with Crippen LogP contribution in [0.5, 0.6) is 5.75 Å². The fourth-order valence-corrected chi connectivity index (χ4v) is 4.19. The lowest BCUT2D eigenvalue weighted by Crippen LogP contribution is -2.31. The Labute approximate surface area is 185 Å². The minimum atomic E-state index is -0.411. The summed E-state index contributed by atoms with van der Waals surface area (Å²) in [6, 6.07) is 15.0. The summed E-state index contributed by atoms with van der Waals surface area (Å²) >= 11 is 1.57. The van der Waals surface area contributed by atoms with Crippen LogP contribution in [0.15, 0.2) is 65.0 Å². The van der Waals surface area contributed by atoms with Gasteiger partial charge in [0.25, 0.3) is 5.91 Å². The highest BCUT2D eigenvalue weighted by atomic mass is 32.2. The number of carbonyl (C=O) groups excluding carboxylic acids is 1. The second-order valence-electron chi connectivity index (χ2n) is 7.26. The molecular formula is C23H25N5O2S. The Morgan fingerprint density at radius 1 is 1.23 bits per heavy atom. The zero-order chi connectivity index (χ0) is 22.0. The lowest BCUT2D eigenvalue weighted by Gasteiger charge is -2.28. The Morgan fingerprint density at radius 2 is 2.00 bits per heavy atom. The highest BCUT2D eigenvalue weighted by Gasteiger charge is 2.34. The molecule has 4 rings (SSSR count). The number of benzene rings is 2. The van der Waals surface area contributed by atoms with Gasteiger partial charge in [-0.1, -0.05) is 43.0 Å². The average molecular weight is 436 g/mol. The average Bonchev–Trinajstić information content (AvgIpc) is 3.15. The summed E-state index contributed by atoms with van der Waals surface area (Å²) in [5.74, 6) is 2.07. The van der Waals surface area contributed by atoms with E-state index in [4.69, 9.17) is 4.74 Å². The maximum absolute atomic E-state index is 13.4. The van der Waals surface area contributed by atoms with Gasteiger partial charge >= 0.3 is 0 Å². The molecule has 1 atom stereocenters. The first kappa shape index (κ1) is 21.0. The predicted molar refractivity (Wildman–Crippen MR) is 124 cm³/mol. The van der Waals surface area contributed by atoms with Crippen molar-refractivity contribution < 1.29 is 9.53 Å². The van der Waals surface area contributed by atoms with Crippen LogP contribution in [0.25, 0.3) is 0 Å². The van der Waals surface area contributed by atoms with Crippen LogP contribution in [0.2, 0.25) is 0 Å². The van der Waals surface area contributed by atoms with Crippen LogP contribution in [-0.2, 0) is 4.79 Å². The van der Waals surface area contributed by atoms with E-state index in [1.165, 1.54) is 0 Å². The first-order valence-corrected chi connectivity index (χ1v) is 11.1. The van der Waals surface area contributed by atoms with Crippen molar-refractivity contribution in [1.29, 1.82) is 0 Å². The first-order chi connectivity index (χ1) is 15.0. The van der Waals surface area contributed by atoms with Gasteiger partial charge in [-0.3, -0.25) is 4.79 Å². The lowest BCUT2D eigenvalue weighted by molar-refractivity contribution is -0.113. The molecule has 1 unspecified atom stereocenters. The van der Waals surface area contributed by atoms with Crippen molar-refractivity contribution in [3.8, 4) is 5.75 Å². The molecule has 0 fully saturated rings. The van der Waals surface area contributed by atoms with Crippen molar-refractivity contribution in [2.24, 2.45) is 0 Å². The van der Waals surface area contributed by atoms with Gasteiger partial charge in [-0.15, -0.1) is 5.10 Å². The molecular weight excluding hydrogens is 410 g/mol. The molecule has 0 aliphatic carbocycles. The molecule has 3 aromatic rings. The van der Waals surface area contributed by atoms with Crippen LogP contribution in [0.3, 0.4) is 0 Å². The number of ether oxygens (including phenoxy) is 1. The van der Waals surface area contributed by atoms with Crippen molar-refractivity contribution in [3.05, 3.63) is 70.9 Å². The van der Waals surface area contributed by atoms with Gasteiger partial charge in [0.15, 0.2) is 0 Å². The van der Waals surface area contributed by atoms with Crippen molar-refractivity contribution >= 4 is 29.3 Å². The number of amides is 1. The molecule has 0 saturated carbocycles. The molecule has 31 heavy (non-hydrogen) atoms. The molecule has 1 aromatic heterocycles. The van der Waals surface area contributed by atoms with Crippen molar-refractivity contribution in [2.75, 3.05) is 23.5 Å². The third-order valence-corrected chi connectivity index (χ3v) is 5.78. The van der Waals surface area contributed by atoms with Crippen LogP contribution < -0.4 is 15.4 Å². The Kier molecular flexibility index (Phi) is 5.99. The molecule has 0 bridgehead atoms. The number of aryl methyl sites for hydroxylation is 1. The second kappa shape index (κ2) is 8.85. The van der Waals surface area contributed by atoms with Crippen LogP contribution >= 0.6 is 11.8 Å². The van der Waals surface area contributed by atoms with Gasteiger partial charge in [0, 0.05) is 11.4 Å². The smallest absolute Gasteiger partial charge is 0.255 e. The summed E-state index contributed by atoms with van der Waals surface area (Å²) < 4.78 is 7.10. The highest BCUT2D eigenvalue weighted by Crippen LogP contribution is 2.37. The van der Waals surface area contributed by atoms with E-state index < -0.39 is 6.04 Å². The summed E-state index contributed by atoms with van der Waals surface area (Å²) in [5.41, 5.74) is 4.11. The Balaban J connectivity index is 1.77. The largest absolute Gasteiger partial charge is 0.497 e. The number of thioether (sulfide) groups is 1. The summed E-state index contributed by atoms with van der Waals surface area (Å²) in [5, 5.41) is 11.7. The van der Waals surface area contributed by atoms with Gasteiger partial charge in [-0.2, -0.15) is 4.98 Å². The van der Waals surface area contributed by atoms with E-state index in [0.717, 1.165) is 34.0 Å². The molecule has 2 N–H and O–H groups in total. The fraction of sp³-hybridized carbons (Fsp3) is 0.261. The topological polar surface area (TPSA) is 81.1 Å². The maximum Gasteiger partial charge on any atom is 0.255 e. The van der Waals surface area contributed by atoms with Gasteiger partial charge in [0.1, 0.15) is 11.8 Å². The monoisotopic (exact) mass is 435 g/mol. The SMILES string of the molecule is CCSc1nc2n(n1)C(c1ccc(OC)cc1)C(C(=O)Nc1cccc(C)c1)=C(C)N2. The Morgan fingerprint density at radius 3 is 2.68 bits per heavy atom. The maximum atomic E-state index is 13.4. The third-order valence-electron chi connectivity index (χ3n) is 5.06. The third kappa shape index (κ3) is 4.29. The molecule has 1 aliphatic rings. The summed E-state index contributed by atoms with van der Waals surface area (Å²) in [7, 11) is 1.63. The molecule has 0 radical (unpaired) electrons. The van der Waals surface area contributed by atoms with E-state index in [1.807, 2.05) is 62.4 Å². The number of hydrogen-bond acceptors (Lipinski definition) is 6. The van der Waals surface area contributed by atoms with Gasteiger partial charge in [-0.05, 0) is 55.0 Å². The van der Waals surface area contributed by atoms with E-state index in [1.54, 1.807) is 23.6 Å². The Hall–Kier alpha value is -3.26. The van der Waals surface area contributed by atoms with Crippen LogP contribution in [-0.4, -0.2) is 33.5 Å². The van der Waals surface area contributed by atoms with Crippen molar-refractivity contribution in [2.45, 2.75) is 32.0 Å². The zero-order valence-corrected chi connectivity index (χ0v) is 18.8. The predicted octanol–water partition coefficient (Wildman–Crippen LogP) is 4.63. The number of hydrogen-bond donors (Lipinski definition) is 2. The molecule has 2 aromatic carbocycles. The van der Waals surface area contributed by atoms with Crippen LogP contribution in [0, 0.1) is 6.92 Å². The van der Waals surface area contributed by atoms with Gasteiger partial charge in [-0.25, -0.2) is 4.68 Å². The van der Waals surface area contributed by atoms with E-state index in [-0.39, 0.29) is 5.91 Å². The number of carbonyl (C=O) groups is 1. The number of allylic oxidation sites excluding steroid dienone is 1. The number of aromatic nitrogens is 3. The summed E-state index contributed by atoms with van der Waals surface area (Å²) in [6.07, 6.45) is 0. The number of methoxy groups -OCH3 is 1. The standard InChI is InChI=1S/C23H25N5O2S/c1-5-31-23-26-22-24-15(3)19(21(29)25-17-8-6-7-14(2)13-17)20(28(22)27-23)16-9-11-18(30-4)12-10-16/h6-13,20H,5H2,1-4H3,(H,25,29)(H,24,26,27). The second-order valence-corrected chi connectivity index (χ2v) is 8.49. The highest BCUT2D eigenvalue weighted by molar-refractivity contribution is 7.99. The Bertz CT molecular complexity index is 1140. The van der Waals surface area contributed by atoms with E-state index >= 15 is 0 Å². The van der Waals surface area contributed by atoms with Gasteiger partial charge in [0.05, 0.1) is 12.7 Å². The molecule has 0 saturated heterocycles. The van der Waals surface area contributed by atoms with E-state index in [2.05, 4.69) is 27.6 Å². The number of rotatable bonds is 6. The molecule has 7 nitrogen and oxygen atoms in total. The minimum absolute atomic E-state index is 0.178. The quantitative estimate of drug-likeness (QED) is 0.549. The molecule has 2 heterocycles. The molecule has 1 amide bonds. The molecule has 0 spiro atoms. The number of nitrogens with one attached hydrogen (secondary N) is 2. The number of fused-ring (bicyclic) bond motifs is 1. The molecule has 1 aliphatic heterocycles. The molecule has 160 valence electrons. The van der Waals surface area contributed by atoms with Gasteiger partial charge < -0.3 is 15.4 Å². The van der Waals surface area contributed by atoms with Crippen LogP contribution in [0.4, 0.5) is 11.6 Å². The van der Waals surface area contributed by atoms with Gasteiger partial charge in [0.2, 0.25) is 11.1 Å². The number of nitrogens with zero attached hydrogens (tertiary/aromatic N) is 3. The minimum Gasteiger partial charge on any atom is -0.497 e. The summed E-state index contributed by atoms with van der Waals surface area (Å²) in [4.78, 5) is 18.0. The lowest BCUT2D eigenvalue weighted by atomic mass is 9.95. The number of anilines is 2. The first-order valence-electron chi connectivity index (χ1n) is 10.1. The summed E-state index contributed by atoms with van der Waals surface area (Å²) in [6.45, 7) is 5.95. The molecule has 8 heteroatoms.